The lowest BCUT2D eigenvalue weighted by atomic mass is 9.97. The number of benzene rings is 4. The largest absolute Gasteiger partial charge is 0.305 e. The zero-order valence-corrected chi connectivity index (χ0v) is 19.8. The molecule has 4 aromatic carbocycles. The highest BCUT2D eigenvalue weighted by molar-refractivity contribution is 7.99. The predicted octanol–water partition coefficient (Wildman–Crippen LogP) is 5.68. The fraction of sp³-hybridized carbons (Fsp3) is 0.0769. The zero-order valence-electron chi connectivity index (χ0n) is 18.3. The molecule has 0 aliphatic carbocycles. The number of hydrazone groups is 1. The van der Waals surface area contributed by atoms with Gasteiger partial charge in [-0.25, -0.2) is 5.43 Å². The van der Waals surface area contributed by atoms with Gasteiger partial charge in [0.15, 0.2) is 11.0 Å². The molecule has 1 N–H and O–H groups in total. The number of nitrogens with zero attached hydrogens (tertiary/aromatic N) is 4. The van der Waals surface area contributed by atoms with Crippen molar-refractivity contribution in [2.45, 2.75) is 5.16 Å². The van der Waals surface area contributed by atoms with Crippen molar-refractivity contribution in [2.75, 3.05) is 5.75 Å². The smallest absolute Gasteiger partial charge is 0.250 e. The van der Waals surface area contributed by atoms with E-state index < -0.39 is 0 Å². The van der Waals surface area contributed by atoms with Gasteiger partial charge in [0, 0.05) is 23.2 Å². The van der Waals surface area contributed by atoms with Crippen molar-refractivity contribution in [3.63, 3.8) is 0 Å². The first-order valence-electron chi connectivity index (χ1n) is 10.6. The summed E-state index contributed by atoms with van der Waals surface area (Å²) >= 11 is 7.27. The number of fused-ring (bicyclic) bond motifs is 2. The van der Waals surface area contributed by atoms with Crippen LogP contribution in [0.3, 0.4) is 0 Å². The van der Waals surface area contributed by atoms with Gasteiger partial charge in [0.2, 0.25) is 0 Å². The monoisotopic (exact) mass is 485 g/mol. The summed E-state index contributed by atoms with van der Waals surface area (Å²) in [6.07, 6.45) is 1.72. The minimum atomic E-state index is -0.221. The third-order valence-corrected chi connectivity index (χ3v) is 6.74. The van der Waals surface area contributed by atoms with Gasteiger partial charge in [-0.05, 0) is 51.9 Å². The minimum absolute atomic E-state index is 0.167. The molecular weight excluding hydrogens is 466 g/mol. The zero-order chi connectivity index (χ0) is 23.5. The second-order valence-corrected chi connectivity index (χ2v) is 9.07. The SMILES string of the molecule is Cn1c(SCC(=O)N/N=C/c2c3ccccc3cc3ccccc23)nnc1-c1ccc(Cl)cc1. The van der Waals surface area contributed by atoms with Gasteiger partial charge < -0.3 is 4.57 Å². The first-order valence-corrected chi connectivity index (χ1v) is 12.0. The second-order valence-electron chi connectivity index (χ2n) is 7.69. The highest BCUT2D eigenvalue weighted by atomic mass is 35.5. The van der Waals surface area contributed by atoms with Crippen LogP contribution < -0.4 is 5.43 Å². The van der Waals surface area contributed by atoms with Crippen LogP contribution in [0.1, 0.15) is 5.56 Å². The van der Waals surface area contributed by atoms with Gasteiger partial charge in [-0.2, -0.15) is 5.10 Å². The van der Waals surface area contributed by atoms with Crippen LogP contribution in [0.5, 0.6) is 0 Å². The number of amides is 1. The van der Waals surface area contributed by atoms with E-state index >= 15 is 0 Å². The number of aromatic nitrogens is 3. The van der Waals surface area contributed by atoms with Gasteiger partial charge >= 0.3 is 0 Å². The van der Waals surface area contributed by atoms with Gasteiger partial charge in [-0.1, -0.05) is 71.9 Å². The van der Waals surface area contributed by atoms with E-state index in [0.29, 0.717) is 16.0 Å². The van der Waals surface area contributed by atoms with Gasteiger partial charge in [0.25, 0.3) is 5.91 Å². The Labute approximate surface area is 205 Å². The number of halogens is 1. The van der Waals surface area contributed by atoms with E-state index in [-0.39, 0.29) is 11.7 Å². The van der Waals surface area contributed by atoms with Gasteiger partial charge in [-0.15, -0.1) is 10.2 Å². The summed E-state index contributed by atoms with van der Waals surface area (Å²) < 4.78 is 1.85. The van der Waals surface area contributed by atoms with E-state index in [9.17, 15) is 4.79 Å². The molecule has 34 heavy (non-hydrogen) atoms. The number of nitrogens with one attached hydrogen (secondary N) is 1. The Bertz CT molecular complexity index is 1470. The molecule has 0 spiro atoms. The maximum Gasteiger partial charge on any atom is 0.250 e. The molecule has 0 atom stereocenters. The molecule has 0 fully saturated rings. The molecule has 8 heteroatoms. The maximum atomic E-state index is 12.4. The van der Waals surface area contributed by atoms with E-state index in [2.05, 4.69) is 51.1 Å². The average molecular weight is 486 g/mol. The molecule has 168 valence electrons. The first-order chi connectivity index (χ1) is 16.6. The summed E-state index contributed by atoms with van der Waals surface area (Å²) in [5, 5.41) is 18.4. The number of rotatable bonds is 6. The molecule has 6 nitrogen and oxygen atoms in total. The van der Waals surface area contributed by atoms with Crippen molar-refractivity contribution in [1.82, 2.24) is 20.2 Å². The molecule has 0 saturated carbocycles. The van der Waals surface area contributed by atoms with Crippen molar-refractivity contribution in [3.05, 3.63) is 89.4 Å². The van der Waals surface area contributed by atoms with Crippen molar-refractivity contribution >= 4 is 57.0 Å². The van der Waals surface area contributed by atoms with E-state index in [1.54, 1.807) is 6.21 Å². The summed E-state index contributed by atoms with van der Waals surface area (Å²) in [7, 11) is 1.87. The van der Waals surface area contributed by atoms with Gasteiger partial charge in [-0.3, -0.25) is 4.79 Å². The first kappa shape index (κ1) is 22.1. The molecule has 0 aliphatic rings. The lowest BCUT2D eigenvalue weighted by Crippen LogP contribution is -2.20. The number of thioether (sulfide) groups is 1. The van der Waals surface area contributed by atoms with Gasteiger partial charge in [0.1, 0.15) is 0 Å². The Hall–Kier alpha value is -3.68. The van der Waals surface area contributed by atoms with Crippen LogP contribution in [0.2, 0.25) is 5.02 Å². The molecule has 5 aromatic rings. The van der Waals surface area contributed by atoms with Crippen LogP contribution >= 0.6 is 23.4 Å². The van der Waals surface area contributed by atoms with Crippen LogP contribution in [-0.2, 0) is 11.8 Å². The fourth-order valence-electron chi connectivity index (χ4n) is 3.81. The molecule has 1 amide bonds. The molecule has 0 saturated heterocycles. The number of carbonyl (C=O) groups is 1. The summed E-state index contributed by atoms with van der Waals surface area (Å²) in [5.41, 5.74) is 4.51. The number of hydrogen-bond donors (Lipinski definition) is 1. The Morgan fingerprint density at radius 3 is 2.32 bits per heavy atom. The van der Waals surface area contributed by atoms with Crippen LogP contribution in [0.15, 0.2) is 89.1 Å². The van der Waals surface area contributed by atoms with Crippen molar-refractivity contribution in [2.24, 2.45) is 12.1 Å². The quantitative estimate of drug-likeness (QED) is 0.145. The molecule has 5 rings (SSSR count). The summed E-state index contributed by atoms with van der Waals surface area (Å²) in [4.78, 5) is 12.4. The van der Waals surface area contributed by atoms with E-state index in [0.717, 1.165) is 32.7 Å². The van der Waals surface area contributed by atoms with Crippen molar-refractivity contribution < 1.29 is 4.79 Å². The molecule has 1 heterocycles. The Kier molecular flexibility index (Phi) is 6.29. The Balaban J connectivity index is 1.28. The van der Waals surface area contributed by atoms with Crippen LogP contribution in [-0.4, -0.2) is 32.6 Å². The minimum Gasteiger partial charge on any atom is -0.305 e. The van der Waals surface area contributed by atoms with Crippen LogP contribution in [0, 0.1) is 0 Å². The summed E-state index contributed by atoms with van der Waals surface area (Å²) in [6.45, 7) is 0. The van der Waals surface area contributed by atoms with E-state index in [4.69, 9.17) is 11.6 Å². The third kappa shape index (κ3) is 4.53. The van der Waals surface area contributed by atoms with Crippen LogP contribution in [0.25, 0.3) is 32.9 Å². The highest BCUT2D eigenvalue weighted by Gasteiger charge is 2.13. The van der Waals surface area contributed by atoms with Crippen LogP contribution in [0.4, 0.5) is 0 Å². The predicted molar refractivity (Wildman–Crippen MR) is 139 cm³/mol. The Morgan fingerprint density at radius 2 is 1.65 bits per heavy atom. The van der Waals surface area contributed by atoms with Crippen molar-refractivity contribution in [3.8, 4) is 11.4 Å². The lowest BCUT2D eigenvalue weighted by molar-refractivity contribution is -0.118. The molecule has 0 bridgehead atoms. The maximum absolute atomic E-state index is 12.4. The molecule has 0 radical (unpaired) electrons. The molecular formula is C26H20ClN5OS. The normalized spacial score (nSPS) is 11.5. The standard InChI is InChI=1S/C26H20ClN5OS/c1-32-25(17-10-12-20(27)13-11-17)30-31-26(32)34-16-24(33)29-28-15-23-21-8-4-2-6-18(21)14-19-7-3-5-9-22(19)23/h2-15H,16H2,1H3,(H,29,33)/b28-15+. The lowest BCUT2D eigenvalue weighted by Gasteiger charge is -2.08. The van der Waals surface area contributed by atoms with Crippen molar-refractivity contribution in [1.29, 1.82) is 0 Å². The number of hydrogen-bond acceptors (Lipinski definition) is 5. The fourth-order valence-corrected chi connectivity index (χ4v) is 4.64. The summed E-state index contributed by atoms with van der Waals surface area (Å²) in [6, 6.07) is 25.9. The third-order valence-electron chi connectivity index (χ3n) is 5.47. The molecule has 1 aromatic heterocycles. The molecule has 0 aliphatic heterocycles. The van der Waals surface area contributed by atoms with Gasteiger partial charge in [0.05, 0.1) is 12.0 Å². The highest BCUT2D eigenvalue weighted by Crippen LogP contribution is 2.27. The Morgan fingerprint density at radius 1 is 1.00 bits per heavy atom. The molecule has 0 unspecified atom stereocenters. The summed E-state index contributed by atoms with van der Waals surface area (Å²) in [5.74, 6) is 0.655. The average Bonchev–Trinajstić information content (AvgIpc) is 3.23. The van der Waals surface area contributed by atoms with E-state index in [1.807, 2.05) is 60.1 Å². The van der Waals surface area contributed by atoms with E-state index in [1.165, 1.54) is 11.8 Å². The second kappa shape index (κ2) is 9.67. The number of carbonyl (C=O) groups excluding carboxylic acids is 1. The topological polar surface area (TPSA) is 72.2 Å².